The lowest BCUT2D eigenvalue weighted by molar-refractivity contribution is -0.199. The highest BCUT2D eigenvalue weighted by atomic mass is 29.2. The molecular formula is C16H32BNO2Si2. The molecule has 0 spiro atoms. The zero-order valence-electron chi connectivity index (χ0n) is 15.3. The topological polar surface area (TPSA) is 30.8 Å². The third kappa shape index (κ3) is 2.45. The number of rotatable bonds is 4. The maximum absolute atomic E-state index is 6.62. The standard InChI is InChI=1S/C16H32BNO2Si2/c1-10(2)14(18-22(7)21-6)17-19-13-9-11-8-12(15(11,3)4)16(13,5)20-17/h10-14H,8-9,21H2,1-7H3/t11?,12?,13-,14-,16+/m1/s1. The van der Waals surface area contributed by atoms with Gasteiger partial charge in [-0.1, -0.05) is 34.2 Å². The van der Waals surface area contributed by atoms with Gasteiger partial charge in [-0.2, -0.15) is 0 Å². The molecule has 22 heavy (non-hydrogen) atoms. The summed E-state index contributed by atoms with van der Waals surface area (Å²) < 4.78 is 18.2. The number of hydrogen-bond acceptors (Lipinski definition) is 3. The fraction of sp³-hybridized carbons (Fsp3) is 1.00. The molecule has 3 nitrogen and oxygen atoms in total. The van der Waals surface area contributed by atoms with Crippen molar-refractivity contribution in [1.82, 2.24) is 0 Å². The van der Waals surface area contributed by atoms with Gasteiger partial charge in [0.15, 0.2) is 0 Å². The van der Waals surface area contributed by atoms with Crippen molar-refractivity contribution in [3.8, 4) is 0 Å². The van der Waals surface area contributed by atoms with Gasteiger partial charge in [-0.05, 0) is 49.5 Å². The van der Waals surface area contributed by atoms with Gasteiger partial charge in [-0.3, -0.25) is 0 Å². The van der Waals surface area contributed by atoms with Crippen LogP contribution in [0.3, 0.4) is 0 Å². The lowest BCUT2D eigenvalue weighted by Gasteiger charge is -2.64. The Labute approximate surface area is 140 Å². The third-order valence-corrected chi connectivity index (χ3v) is 12.2. The van der Waals surface area contributed by atoms with Crippen LogP contribution in [0, 0.1) is 23.2 Å². The van der Waals surface area contributed by atoms with Crippen molar-refractivity contribution >= 4 is 24.3 Å². The molecule has 0 N–H and O–H groups in total. The van der Waals surface area contributed by atoms with Gasteiger partial charge in [-0.15, -0.1) is 0 Å². The van der Waals surface area contributed by atoms with Crippen LogP contribution < -0.4 is 0 Å². The van der Waals surface area contributed by atoms with Crippen LogP contribution in [0.1, 0.15) is 47.5 Å². The lowest BCUT2D eigenvalue weighted by atomic mass is 9.43. The van der Waals surface area contributed by atoms with Crippen molar-refractivity contribution in [3.63, 3.8) is 0 Å². The maximum Gasteiger partial charge on any atom is 0.483 e. The van der Waals surface area contributed by atoms with Crippen LogP contribution >= 0.6 is 0 Å². The first-order valence-electron chi connectivity index (χ1n) is 9.06. The normalized spacial score (nSPS) is 41.9. The van der Waals surface area contributed by atoms with E-state index in [2.05, 4.69) is 47.7 Å². The van der Waals surface area contributed by atoms with Crippen LogP contribution in [0.5, 0.6) is 0 Å². The molecule has 0 aromatic rings. The molecule has 2 unspecified atom stereocenters. The Kier molecular flexibility index (Phi) is 4.37. The van der Waals surface area contributed by atoms with Gasteiger partial charge in [0.1, 0.15) is 0 Å². The van der Waals surface area contributed by atoms with E-state index in [9.17, 15) is 0 Å². The van der Waals surface area contributed by atoms with Crippen molar-refractivity contribution in [2.45, 2.75) is 78.2 Å². The zero-order chi connectivity index (χ0) is 16.3. The summed E-state index contributed by atoms with van der Waals surface area (Å²) >= 11 is 0. The second kappa shape index (κ2) is 5.64. The monoisotopic (exact) mass is 337 g/mol. The molecule has 4 aliphatic rings. The fourth-order valence-corrected chi connectivity index (χ4v) is 7.21. The molecule has 4 fully saturated rings. The van der Waals surface area contributed by atoms with Crippen molar-refractivity contribution in [2.24, 2.45) is 27.8 Å². The first kappa shape index (κ1) is 17.1. The van der Waals surface area contributed by atoms with Crippen molar-refractivity contribution in [3.05, 3.63) is 0 Å². The van der Waals surface area contributed by atoms with Crippen molar-refractivity contribution < 1.29 is 9.31 Å². The highest BCUT2D eigenvalue weighted by Crippen LogP contribution is 2.65. The molecule has 0 aromatic heterocycles. The molecule has 1 heterocycles. The van der Waals surface area contributed by atoms with E-state index in [0.717, 1.165) is 5.92 Å². The quantitative estimate of drug-likeness (QED) is 0.739. The number of hydrogen-bond donors (Lipinski definition) is 0. The zero-order valence-corrected chi connectivity index (χ0v) is 17.8. The third-order valence-electron chi connectivity index (χ3n) is 6.81. The van der Waals surface area contributed by atoms with Crippen molar-refractivity contribution in [2.75, 3.05) is 0 Å². The van der Waals surface area contributed by atoms with Gasteiger partial charge in [-0.25, -0.2) is 0 Å². The van der Waals surface area contributed by atoms with Gasteiger partial charge in [0.05, 0.1) is 34.8 Å². The van der Waals surface area contributed by atoms with Crippen LogP contribution in [-0.2, 0) is 9.31 Å². The molecule has 3 aliphatic carbocycles. The van der Waals surface area contributed by atoms with E-state index in [4.69, 9.17) is 13.9 Å². The van der Waals surface area contributed by atoms with E-state index in [1.54, 1.807) is 0 Å². The second-order valence-electron chi connectivity index (χ2n) is 8.79. The smallest absolute Gasteiger partial charge is 0.404 e. The Morgan fingerprint density at radius 2 is 1.95 bits per heavy atom. The molecule has 3 saturated carbocycles. The number of nitrogens with zero attached hydrogens (tertiary/aromatic N) is 1. The van der Waals surface area contributed by atoms with Crippen LogP contribution in [0.2, 0.25) is 13.1 Å². The van der Waals surface area contributed by atoms with E-state index in [1.807, 2.05) is 0 Å². The van der Waals surface area contributed by atoms with Crippen LogP contribution in [0.4, 0.5) is 0 Å². The molecule has 124 valence electrons. The molecule has 4 rings (SSSR count). The van der Waals surface area contributed by atoms with Crippen LogP contribution in [-0.4, -0.2) is 41.9 Å². The Balaban J connectivity index is 1.81. The van der Waals surface area contributed by atoms with Gasteiger partial charge in [0.2, 0.25) is 0 Å². The summed E-state index contributed by atoms with van der Waals surface area (Å²) in [6, 6.07) is 0. The predicted octanol–water partition coefficient (Wildman–Crippen LogP) is 2.88. The van der Waals surface area contributed by atoms with E-state index < -0.39 is 8.11 Å². The minimum Gasteiger partial charge on any atom is -0.404 e. The molecule has 2 bridgehead atoms. The second-order valence-corrected chi connectivity index (χ2v) is 16.4. The Bertz CT molecular complexity index is 485. The van der Waals surface area contributed by atoms with E-state index in [0.29, 0.717) is 17.3 Å². The molecule has 1 aliphatic heterocycles. The molecule has 1 saturated heterocycles. The summed E-state index contributed by atoms with van der Waals surface area (Å²) in [6.45, 7) is 16.4. The minimum atomic E-state index is -0.482. The van der Waals surface area contributed by atoms with Gasteiger partial charge >= 0.3 is 7.12 Å². The summed E-state index contributed by atoms with van der Waals surface area (Å²) in [5.41, 5.74) is 0.333. The Morgan fingerprint density at radius 1 is 1.27 bits per heavy atom. The van der Waals surface area contributed by atoms with Crippen molar-refractivity contribution in [1.29, 1.82) is 0 Å². The average molecular weight is 337 g/mol. The Hall–Kier alpha value is 0.219. The highest BCUT2D eigenvalue weighted by molar-refractivity contribution is 7.05. The van der Waals surface area contributed by atoms with Crippen LogP contribution in [0.25, 0.3) is 0 Å². The van der Waals surface area contributed by atoms with E-state index in [-0.39, 0.29) is 33.8 Å². The van der Waals surface area contributed by atoms with E-state index >= 15 is 0 Å². The minimum absolute atomic E-state index is 0.00151. The fourth-order valence-electron chi connectivity index (χ4n) is 4.91. The summed E-state index contributed by atoms with van der Waals surface area (Å²) in [6.07, 6.45) is 2.79. The molecule has 5 atom stereocenters. The molecule has 0 amide bonds. The largest absolute Gasteiger partial charge is 0.483 e. The van der Waals surface area contributed by atoms with E-state index in [1.165, 1.54) is 12.8 Å². The summed E-state index contributed by atoms with van der Waals surface area (Å²) in [4.78, 5) is 0. The average Bonchev–Trinajstić information content (AvgIpc) is 2.79. The van der Waals surface area contributed by atoms with Gasteiger partial charge < -0.3 is 13.9 Å². The first-order chi connectivity index (χ1) is 10.2. The summed E-state index contributed by atoms with van der Waals surface area (Å²) in [5, 5.41) is 0. The Morgan fingerprint density at radius 3 is 2.50 bits per heavy atom. The predicted molar refractivity (Wildman–Crippen MR) is 97.2 cm³/mol. The lowest BCUT2D eigenvalue weighted by Crippen LogP contribution is -2.65. The molecule has 0 radical (unpaired) electrons. The van der Waals surface area contributed by atoms with Gasteiger partial charge in [0, 0.05) is 0 Å². The molecular weight excluding hydrogens is 305 g/mol. The summed E-state index contributed by atoms with van der Waals surface area (Å²) in [7, 11) is -0.587. The SMILES string of the molecule is C[SiH2][Si](C)=N[C@@H](B1O[C@@H]2CC3CC(C3(C)C)[C@]2(C)O1)C(C)C. The highest BCUT2D eigenvalue weighted by Gasteiger charge is 2.68. The maximum atomic E-state index is 6.62. The van der Waals surface area contributed by atoms with Crippen LogP contribution in [0.15, 0.2) is 4.63 Å². The first-order valence-corrected chi connectivity index (χ1v) is 14.8. The molecule has 0 aromatic carbocycles. The molecule has 6 heteroatoms. The van der Waals surface area contributed by atoms with Gasteiger partial charge in [0.25, 0.3) is 0 Å². The summed E-state index contributed by atoms with van der Waals surface area (Å²) in [5.74, 6) is 2.20.